The normalized spacial score (nSPS) is 10.1. The zero-order valence-electron chi connectivity index (χ0n) is 9.64. The number of nitrogens with one attached hydrogen (secondary N) is 1. The Bertz CT molecular complexity index is 554. The molecule has 0 aliphatic rings. The van der Waals surface area contributed by atoms with Gasteiger partial charge in [-0.25, -0.2) is 4.98 Å². The largest absolute Gasteiger partial charge is 0.481 e. The smallest absolute Gasteiger partial charge is 0.287 e. The van der Waals surface area contributed by atoms with Gasteiger partial charge in [-0.1, -0.05) is 0 Å². The molecule has 0 saturated heterocycles. The Morgan fingerprint density at radius 2 is 2.33 bits per heavy atom. The van der Waals surface area contributed by atoms with E-state index in [-0.39, 0.29) is 16.9 Å². The van der Waals surface area contributed by atoms with Crippen LogP contribution in [0.15, 0.2) is 34.9 Å². The third kappa shape index (κ3) is 3.01. The first-order valence-corrected chi connectivity index (χ1v) is 5.59. The lowest BCUT2D eigenvalue weighted by Crippen LogP contribution is -2.22. The van der Waals surface area contributed by atoms with Gasteiger partial charge in [0.2, 0.25) is 5.88 Å². The van der Waals surface area contributed by atoms with Gasteiger partial charge in [0, 0.05) is 18.8 Å². The molecular weight excluding hydrogens is 256 g/mol. The molecule has 0 radical (unpaired) electrons. The van der Waals surface area contributed by atoms with Crippen LogP contribution in [0.4, 0.5) is 0 Å². The number of hydrogen-bond acceptors (Lipinski definition) is 4. The Labute approximate surface area is 109 Å². The third-order valence-electron chi connectivity index (χ3n) is 2.26. The van der Waals surface area contributed by atoms with Crippen molar-refractivity contribution in [1.29, 1.82) is 0 Å². The number of nitrogens with zero attached hydrogens (tertiary/aromatic N) is 1. The van der Waals surface area contributed by atoms with Crippen LogP contribution in [-0.2, 0) is 6.54 Å². The summed E-state index contributed by atoms with van der Waals surface area (Å²) in [5, 5.41) is 2.89. The van der Waals surface area contributed by atoms with E-state index < -0.39 is 0 Å². The fraction of sp³-hybridized carbons (Fsp3) is 0.167. The zero-order chi connectivity index (χ0) is 13.0. The second-order valence-electron chi connectivity index (χ2n) is 3.49. The first kappa shape index (κ1) is 12.4. The van der Waals surface area contributed by atoms with E-state index in [4.69, 9.17) is 20.8 Å². The minimum absolute atomic E-state index is 0.182. The molecule has 0 aliphatic heterocycles. The first-order valence-electron chi connectivity index (χ1n) is 5.21. The second kappa shape index (κ2) is 5.55. The molecule has 94 valence electrons. The summed E-state index contributed by atoms with van der Waals surface area (Å²) in [4.78, 5) is 15.7. The number of hydrogen-bond donors (Lipinski definition) is 1. The lowest BCUT2D eigenvalue weighted by Gasteiger charge is -2.04. The van der Waals surface area contributed by atoms with Gasteiger partial charge in [-0.05, 0) is 35.4 Å². The van der Waals surface area contributed by atoms with Gasteiger partial charge in [0.15, 0.2) is 11.0 Å². The molecule has 1 amide bonds. The number of rotatable bonds is 4. The molecule has 18 heavy (non-hydrogen) atoms. The third-order valence-corrected chi connectivity index (χ3v) is 2.46. The van der Waals surface area contributed by atoms with Gasteiger partial charge in [-0.15, -0.1) is 0 Å². The molecule has 0 aliphatic carbocycles. The Hall–Kier alpha value is -2.01. The highest BCUT2D eigenvalue weighted by Crippen LogP contribution is 2.13. The van der Waals surface area contributed by atoms with E-state index in [9.17, 15) is 4.79 Å². The van der Waals surface area contributed by atoms with Gasteiger partial charge < -0.3 is 14.5 Å². The maximum absolute atomic E-state index is 11.7. The summed E-state index contributed by atoms with van der Waals surface area (Å²) in [6.45, 7) is 0.357. The summed E-state index contributed by atoms with van der Waals surface area (Å²) in [5.41, 5.74) is 0.882. The van der Waals surface area contributed by atoms with Crippen molar-refractivity contribution in [1.82, 2.24) is 10.3 Å². The van der Waals surface area contributed by atoms with Crippen LogP contribution in [0.25, 0.3) is 0 Å². The van der Waals surface area contributed by atoms with Crippen molar-refractivity contribution in [2.75, 3.05) is 7.11 Å². The highest BCUT2D eigenvalue weighted by Gasteiger charge is 2.10. The number of carbonyl (C=O) groups is 1. The Morgan fingerprint density at radius 1 is 1.50 bits per heavy atom. The highest BCUT2D eigenvalue weighted by atomic mass is 35.5. The van der Waals surface area contributed by atoms with Gasteiger partial charge in [0.25, 0.3) is 5.91 Å². The molecule has 0 fully saturated rings. The SMILES string of the molecule is COc1cc(CNC(=O)c2ccc(Cl)o2)ccn1. The summed E-state index contributed by atoms with van der Waals surface area (Å²) in [6.07, 6.45) is 1.62. The van der Waals surface area contributed by atoms with Gasteiger partial charge in [0.1, 0.15) is 0 Å². The number of pyridine rings is 1. The van der Waals surface area contributed by atoms with Crippen LogP contribution in [0.3, 0.4) is 0 Å². The van der Waals surface area contributed by atoms with E-state index in [1.807, 2.05) is 0 Å². The van der Waals surface area contributed by atoms with Crippen molar-refractivity contribution in [3.8, 4) is 5.88 Å². The summed E-state index contributed by atoms with van der Waals surface area (Å²) in [7, 11) is 1.54. The van der Waals surface area contributed by atoms with E-state index in [0.717, 1.165) is 5.56 Å². The van der Waals surface area contributed by atoms with Crippen LogP contribution in [0.5, 0.6) is 5.88 Å². The van der Waals surface area contributed by atoms with Gasteiger partial charge >= 0.3 is 0 Å². The molecule has 0 saturated carbocycles. The number of aromatic nitrogens is 1. The number of carbonyl (C=O) groups excluding carboxylic acids is 1. The maximum Gasteiger partial charge on any atom is 0.287 e. The molecule has 2 heterocycles. The average molecular weight is 267 g/mol. The molecule has 1 N–H and O–H groups in total. The Morgan fingerprint density at radius 3 is 3.00 bits per heavy atom. The molecule has 0 bridgehead atoms. The van der Waals surface area contributed by atoms with Crippen molar-refractivity contribution in [3.05, 3.63) is 47.0 Å². The topological polar surface area (TPSA) is 64.4 Å². The van der Waals surface area contributed by atoms with Crippen LogP contribution >= 0.6 is 11.6 Å². The van der Waals surface area contributed by atoms with E-state index >= 15 is 0 Å². The molecule has 0 unspecified atom stereocenters. The maximum atomic E-state index is 11.7. The average Bonchev–Trinajstić information content (AvgIpc) is 2.83. The van der Waals surface area contributed by atoms with Gasteiger partial charge in [-0.2, -0.15) is 0 Å². The Kier molecular flexibility index (Phi) is 3.84. The first-order chi connectivity index (χ1) is 8.69. The van der Waals surface area contributed by atoms with Crippen molar-refractivity contribution in [3.63, 3.8) is 0 Å². The number of furan rings is 1. The molecule has 2 aromatic heterocycles. The van der Waals surface area contributed by atoms with E-state index in [0.29, 0.717) is 12.4 Å². The molecule has 0 aromatic carbocycles. The lowest BCUT2D eigenvalue weighted by atomic mass is 10.2. The summed E-state index contributed by atoms with van der Waals surface area (Å²) in [5.74, 6) is 0.362. The van der Waals surface area contributed by atoms with E-state index in [2.05, 4.69) is 10.3 Å². The van der Waals surface area contributed by atoms with Crippen molar-refractivity contribution >= 4 is 17.5 Å². The standard InChI is InChI=1S/C12H11ClN2O3/c1-17-11-6-8(4-5-14-11)7-15-12(16)9-2-3-10(13)18-9/h2-6H,7H2,1H3,(H,15,16). The molecule has 0 atom stereocenters. The van der Waals surface area contributed by atoms with Crippen molar-refractivity contribution in [2.24, 2.45) is 0 Å². The summed E-state index contributed by atoms with van der Waals surface area (Å²) >= 11 is 5.59. The van der Waals surface area contributed by atoms with Gasteiger partial charge in [0.05, 0.1) is 7.11 Å². The van der Waals surface area contributed by atoms with E-state index in [1.165, 1.54) is 19.2 Å². The number of amides is 1. The van der Waals surface area contributed by atoms with Crippen LogP contribution < -0.4 is 10.1 Å². The van der Waals surface area contributed by atoms with E-state index in [1.54, 1.807) is 18.3 Å². The number of ether oxygens (including phenoxy) is 1. The fourth-order valence-corrected chi connectivity index (χ4v) is 1.52. The minimum Gasteiger partial charge on any atom is -0.481 e. The van der Waals surface area contributed by atoms with Crippen LogP contribution in [-0.4, -0.2) is 18.0 Å². The van der Waals surface area contributed by atoms with Gasteiger partial charge in [-0.3, -0.25) is 4.79 Å². The summed E-state index contributed by atoms with van der Waals surface area (Å²) in [6, 6.07) is 6.57. The molecule has 2 aromatic rings. The highest BCUT2D eigenvalue weighted by molar-refractivity contribution is 6.29. The summed E-state index contributed by atoms with van der Waals surface area (Å²) < 4.78 is 9.98. The van der Waals surface area contributed by atoms with Crippen LogP contribution in [0.2, 0.25) is 5.22 Å². The lowest BCUT2D eigenvalue weighted by molar-refractivity contribution is 0.0923. The predicted molar refractivity (Wildman–Crippen MR) is 65.7 cm³/mol. The van der Waals surface area contributed by atoms with Crippen molar-refractivity contribution < 1.29 is 13.9 Å². The van der Waals surface area contributed by atoms with Crippen LogP contribution in [0, 0.1) is 0 Å². The quantitative estimate of drug-likeness (QED) is 0.922. The molecular formula is C12H11ClN2O3. The molecule has 0 spiro atoms. The molecule has 2 rings (SSSR count). The monoisotopic (exact) mass is 266 g/mol. The van der Waals surface area contributed by atoms with Crippen molar-refractivity contribution in [2.45, 2.75) is 6.54 Å². The predicted octanol–water partition coefficient (Wildman–Crippen LogP) is 2.27. The number of halogens is 1. The minimum atomic E-state index is -0.322. The fourth-order valence-electron chi connectivity index (χ4n) is 1.38. The second-order valence-corrected chi connectivity index (χ2v) is 3.87. The molecule has 6 heteroatoms. The zero-order valence-corrected chi connectivity index (χ0v) is 10.4. The number of methoxy groups -OCH3 is 1. The Balaban J connectivity index is 1.97. The van der Waals surface area contributed by atoms with Crippen LogP contribution in [0.1, 0.15) is 16.1 Å². The molecule has 5 nitrogen and oxygen atoms in total.